The number of nitrogens with one attached hydrogen (secondary N) is 1. The van der Waals surface area contributed by atoms with Crippen molar-refractivity contribution in [3.05, 3.63) is 38.3 Å². The van der Waals surface area contributed by atoms with Crippen LogP contribution in [0.3, 0.4) is 0 Å². The molecule has 1 rings (SSSR count). The minimum absolute atomic E-state index is 0.0340. The molecule has 0 amide bonds. The number of ether oxygens (including phenoxy) is 1. The lowest BCUT2D eigenvalue weighted by Crippen LogP contribution is -2.29. The Kier molecular flexibility index (Phi) is 6.20. The van der Waals surface area contributed by atoms with Crippen LogP contribution in [0, 0.1) is 10.1 Å². The van der Waals surface area contributed by atoms with Gasteiger partial charge in [0.1, 0.15) is 0 Å². The van der Waals surface area contributed by atoms with Crippen LogP contribution in [0.2, 0.25) is 0 Å². The van der Waals surface area contributed by atoms with Gasteiger partial charge in [-0.15, -0.1) is 0 Å². The second-order valence-corrected chi connectivity index (χ2v) is 4.54. The molecule has 0 aliphatic carbocycles. The highest BCUT2D eigenvalue weighted by molar-refractivity contribution is 9.10. The van der Waals surface area contributed by atoms with Gasteiger partial charge in [0.25, 0.3) is 5.69 Å². The number of halogens is 1. The number of benzene rings is 1. The second-order valence-electron chi connectivity index (χ2n) is 3.75. The first-order valence-corrected chi connectivity index (χ1v) is 6.15. The van der Waals surface area contributed by atoms with Crippen LogP contribution in [0.4, 0.5) is 5.69 Å². The van der Waals surface area contributed by atoms with Gasteiger partial charge in [-0.05, 0) is 21.5 Å². The topological polar surface area (TPSA) is 84.6 Å². The van der Waals surface area contributed by atoms with Crippen molar-refractivity contribution < 1.29 is 14.8 Å². The maximum Gasteiger partial charge on any atom is 0.283 e. The molecule has 0 aromatic heterocycles. The molecule has 1 atom stereocenters. The van der Waals surface area contributed by atoms with Crippen LogP contribution < -0.4 is 5.32 Å². The number of nitro benzene ring substituents is 1. The van der Waals surface area contributed by atoms with Gasteiger partial charge in [-0.1, -0.05) is 12.1 Å². The molecule has 6 nitrogen and oxygen atoms in total. The van der Waals surface area contributed by atoms with Crippen LogP contribution in [-0.2, 0) is 11.3 Å². The SMILES string of the molecule is COCC(O)CNCc1cccc([N+](=O)[O-])c1Br. The summed E-state index contributed by atoms with van der Waals surface area (Å²) in [6, 6.07) is 4.85. The molecule has 0 radical (unpaired) electrons. The Morgan fingerprint density at radius 3 is 2.94 bits per heavy atom. The van der Waals surface area contributed by atoms with Gasteiger partial charge in [-0.3, -0.25) is 10.1 Å². The quantitative estimate of drug-likeness (QED) is 0.587. The largest absolute Gasteiger partial charge is 0.389 e. The molecule has 0 aliphatic heterocycles. The second kappa shape index (κ2) is 7.42. The van der Waals surface area contributed by atoms with Crippen molar-refractivity contribution in [1.29, 1.82) is 0 Å². The molecule has 0 aliphatic rings. The third-order valence-electron chi connectivity index (χ3n) is 2.31. The molecular formula is C11H15BrN2O4. The van der Waals surface area contributed by atoms with Crippen LogP contribution >= 0.6 is 15.9 Å². The van der Waals surface area contributed by atoms with Crippen molar-refractivity contribution >= 4 is 21.6 Å². The molecular weight excluding hydrogens is 304 g/mol. The zero-order valence-electron chi connectivity index (χ0n) is 9.93. The number of aliphatic hydroxyl groups is 1. The number of nitrogens with zero attached hydrogens (tertiary/aromatic N) is 1. The van der Waals surface area contributed by atoms with E-state index in [9.17, 15) is 15.2 Å². The van der Waals surface area contributed by atoms with E-state index in [1.165, 1.54) is 13.2 Å². The molecule has 1 aromatic carbocycles. The molecule has 18 heavy (non-hydrogen) atoms. The highest BCUT2D eigenvalue weighted by Crippen LogP contribution is 2.27. The monoisotopic (exact) mass is 318 g/mol. The third-order valence-corrected chi connectivity index (χ3v) is 3.23. The van der Waals surface area contributed by atoms with E-state index in [0.717, 1.165) is 5.56 Å². The lowest BCUT2D eigenvalue weighted by Gasteiger charge is -2.11. The van der Waals surface area contributed by atoms with Crippen molar-refractivity contribution in [1.82, 2.24) is 5.32 Å². The Morgan fingerprint density at radius 1 is 1.61 bits per heavy atom. The molecule has 1 aromatic rings. The Labute approximate surface area is 113 Å². The number of nitro groups is 1. The highest BCUT2D eigenvalue weighted by atomic mass is 79.9. The smallest absolute Gasteiger partial charge is 0.283 e. The van der Waals surface area contributed by atoms with Crippen LogP contribution in [0.5, 0.6) is 0 Å². The van der Waals surface area contributed by atoms with Gasteiger partial charge in [0.05, 0.1) is 22.1 Å². The molecule has 0 saturated heterocycles. The predicted molar refractivity (Wildman–Crippen MR) is 70.4 cm³/mol. The predicted octanol–water partition coefficient (Wildman–Crippen LogP) is 1.45. The number of hydrogen-bond acceptors (Lipinski definition) is 5. The van der Waals surface area contributed by atoms with Crippen molar-refractivity contribution in [2.24, 2.45) is 0 Å². The molecule has 0 saturated carbocycles. The Balaban J connectivity index is 2.57. The van der Waals surface area contributed by atoms with E-state index in [1.54, 1.807) is 12.1 Å². The Hall–Kier alpha value is -1.02. The first-order chi connectivity index (χ1) is 8.56. The molecule has 1 unspecified atom stereocenters. The van der Waals surface area contributed by atoms with E-state index >= 15 is 0 Å². The number of hydrogen-bond donors (Lipinski definition) is 2. The van der Waals surface area contributed by atoms with Crippen molar-refractivity contribution in [3.63, 3.8) is 0 Å². The lowest BCUT2D eigenvalue weighted by atomic mass is 10.2. The van der Waals surface area contributed by atoms with Gasteiger partial charge in [0.2, 0.25) is 0 Å². The molecule has 0 bridgehead atoms. The van der Waals surface area contributed by atoms with E-state index < -0.39 is 11.0 Å². The van der Waals surface area contributed by atoms with Crippen molar-refractivity contribution in [2.45, 2.75) is 12.6 Å². The van der Waals surface area contributed by atoms with Gasteiger partial charge in [0.15, 0.2) is 0 Å². The van der Waals surface area contributed by atoms with Gasteiger partial charge in [-0.2, -0.15) is 0 Å². The molecule has 0 fully saturated rings. The normalized spacial score (nSPS) is 12.4. The summed E-state index contributed by atoms with van der Waals surface area (Å²) < 4.78 is 5.25. The van der Waals surface area contributed by atoms with Crippen LogP contribution in [0.15, 0.2) is 22.7 Å². The fraction of sp³-hybridized carbons (Fsp3) is 0.455. The number of methoxy groups -OCH3 is 1. The van der Waals surface area contributed by atoms with Crippen LogP contribution in [0.1, 0.15) is 5.56 Å². The molecule has 2 N–H and O–H groups in total. The summed E-state index contributed by atoms with van der Waals surface area (Å²) in [5.74, 6) is 0. The summed E-state index contributed by atoms with van der Waals surface area (Å²) in [6.45, 7) is 1.05. The fourth-order valence-electron chi connectivity index (χ4n) is 1.47. The summed E-state index contributed by atoms with van der Waals surface area (Å²) in [6.07, 6.45) is -0.590. The maximum absolute atomic E-state index is 10.7. The summed E-state index contributed by atoms with van der Waals surface area (Å²) in [4.78, 5) is 10.3. The van der Waals surface area contributed by atoms with E-state index in [0.29, 0.717) is 17.6 Å². The maximum atomic E-state index is 10.7. The average Bonchev–Trinajstić information content (AvgIpc) is 2.31. The minimum atomic E-state index is -0.590. The standard InChI is InChI=1S/C11H15BrN2O4/c1-18-7-9(15)6-13-5-8-3-2-4-10(11(8)12)14(16)17/h2-4,9,13,15H,5-7H2,1H3. The van der Waals surface area contributed by atoms with E-state index in [2.05, 4.69) is 21.2 Å². The third kappa shape index (κ3) is 4.34. The minimum Gasteiger partial charge on any atom is -0.389 e. The average molecular weight is 319 g/mol. The van der Waals surface area contributed by atoms with Crippen molar-refractivity contribution in [3.8, 4) is 0 Å². The summed E-state index contributed by atoms with van der Waals surface area (Å²) in [5.41, 5.74) is 0.806. The van der Waals surface area contributed by atoms with E-state index in [4.69, 9.17) is 4.74 Å². The number of aliphatic hydroxyl groups excluding tert-OH is 1. The summed E-state index contributed by atoms with van der Waals surface area (Å²) in [5, 5.41) is 23.2. The highest BCUT2D eigenvalue weighted by Gasteiger charge is 2.14. The number of rotatable bonds is 7. The Bertz CT molecular complexity index is 414. The fourth-order valence-corrected chi connectivity index (χ4v) is 2.02. The first-order valence-electron chi connectivity index (χ1n) is 5.35. The summed E-state index contributed by atoms with van der Waals surface area (Å²) >= 11 is 3.21. The Morgan fingerprint density at radius 2 is 2.33 bits per heavy atom. The van der Waals surface area contributed by atoms with E-state index in [-0.39, 0.29) is 12.3 Å². The van der Waals surface area contributed by atoms with Gasteiger partial charge < -0.3 is 15.2 Å². The van der Waals surface area contributed by atoms with Gasteiger partial charge >= 0.3 is 0 Å². The van der Waals surface area contributed by atoms with E-state index in [1.807, 2.05) is 0 Å². The lowest BCUT2D eigenvalue weighted by molar-refractivity contribution is -0.385. The molecule has 0 heterocycles. The molecule has 100 valence electrons. The molecule has 7 heteroatoms. The van der Waals surface area contributed by atoms with Crippen molar-refractivity contribution in [2.75, 3.05) is 20.3 Å². The summed E-state index contributed by atoms with van der Waals surface area (Å²) in [7, 11) is 1.51. The zero-order valence-corrected chi connectivity index (χ0v) is 11.5. The van der Waals surface area contributed by atoms with Crippen LogP contribution in [0.25, 0.3) is 0 Å². The zero-order chi connectivity index (χ0) is 13.5. The first kappa shape index (κ1) is 15.0. The molecule has 0 spiro atoms. The van der Waals surface area contributed by atoms with Gasteiger partial charge in [0, 0.05) is 26.3 Å². The van der Waals surface area contributed by atoms with Gasteiger partial charge in [-0.25, -0.2) is 0 Å². The van der Waals surface area contributed by atoms with Crippen LogP contribution in [-0.4, -0.2) is 36.4 Å².